The van der Waals surface area contributed by atoms with E-state index in [2.05, 4.69) is 0 Å². The Kier molecular flexibility index (Phi) is 3.19. The first-order chi connectivity index (χ1) is 8.53. The van der Waals surface area contributed by atoms with E-state index in [0.29, 0.717) is 12.2 Å². The van der Waals surface area contributed by atoms with Gasteiger partial charge in [0.25, 0.3) is 0 Å². The molecule has 4 nitrogen and oxygen atoms in total. The summed E-state index contributed by atoms with van der Waals surface area (Å²) >= 11 is 0. The Bertz CT molecular complexity index is 400. The lowest BCUT2D eigenvalue weighted by molar-refractivity contribution is -0.139. The number of Topliss-reactive ketones (excluding diaryl/α,β-unsaturated/α-hetero) is 1. The molecule has 0 unspecified atom stereocenters. The van der Waals surface area contributed by atoms with Gasteiger partial charge in [0.2, 0.25) is 0 Å². The predicted octanol–water partition coefficient (Wildman–Crippen LogP) is 3.00. The Labute approximate surface area is 115 Å². The lowest BCUT2D eigenvalue weighted by Crippen LogP contribution is -2.62. The number of ether oxygens (including phenoxy) is 1. The van der Waals surface area contributed by atoms with Crippen LogP contribution in [0.2, 0.25) is 0 Å². The van der Waals surface area contributed by atoms with Crippen molar-refractivity contribution in [1.29, 1.82) is 0 Å². The Balaban J connectivity index is 1.92. The van der Waals surface area contributed by atoms with E-state index in [1.807, 2.05) is 34.6 Å². The number of carbonyl (C=O) groups excluding carboxylic acids is 2. The molecule has 2 rings (SSSR count). The van der Waals surface area contributed by atoms with E-state index in [1.165, 1.54) is 0 Å². The van der Waals surface area contributed by atoms with E-state index in [4.69, 9.17) is 4.74 Å². The van der Waals surface area contributed by atoms with Gasteiger partial charge in [0.15, 0.2) is 0 Å². The number of likely N-dealkylation sites (tertiary alicyclic amines) is 1. The van der Waals surface area contributed by atoms with Crippen LogP contribution in [0, 0.1) is 10.8 Å². The van der Waals surface area contributed by atoms with E-state index in [1.54, 1.807) is 4.90 Å². The zero-order chi connectivity index (χ0) is 14.5. The first-order valence-corrected chi connectivity index (χ1v) is 7.04. The van der Waals surface area contributed by atoms with Crippen molar-refractivity contribution in [2.75, 3.05) is 13.1 Å². The third-order valence-electron chi connectivity index (χ3n) is 4.16. The molecular weight excluding hydrogens is 242 g/mol. The second-order valence-electron chi connectivity index (χ2n) is 7.82. The van der Waals surface area contributed by atoms with Crippen LogP contribution in [0.1, 0.15) is 53.9 Å². The van der Waals surface area contributed by atoms with Gasteiger partial charge in [-0.15, -0.1) is 0 Å². The Morgan fingerprint density at radius 3 is 2.32 bits per heavy atom. The van der Waals surface area contributed by atoms with Gasteiger partial charge >= 0.3 is 6.09 Å². The Hall–Kier alpha value is -1.06. The van der Waals surface area contributed by atoms with E-state index in [0.717, 1.165) is 25.9 Å². The van der Waals surface area contributed by atoms with Gasteiger partial charge < -0.3 is 9.64 Å². The van der Waals surface area contributed by atoms with Gasteiger partial charge in [0, 0.05) is 30.3 Å². The van der Waals surface area contributed by atoms with Crippen LogP contribution >= 0.6 is 0 Å². The highest BCUT2D eigenvalue weighted by molar-refractivity contribution is 5.85. The number of hydrogen-bond acceptors (Lipinski definition) is 3. The zero-order valence-corrected chi connectivity index (χ0v) is 12.7. The highest BCUT2D eigenvalue weighted by Crippen LogP contribution is 2.49. The summed E-state index contributed by atoms with van der Waals surface area (Å²) in [5.41, 5.74) is -0.534. The molecule has 1 aliphatic heterocycles. The molecule has 1 amide bonds. The van der Waals surface area contributed by atoms with Crippen LogP contribution in [0.4, 0.5) is 4.79 Å². The monoisotopic (exact) mass is 267 g/mol. The van der Waals surface area contributed by atoms with E-state index < -0.39 is 5.60 Å². The van der Waals surface area contributed by atoms with Crippen molar-refractivity contribution in [3.05, 3.63) is 0 Å². The molecule has 0 aromatic rings. The summed E-state index contributed by atoms with van der Waals surface area (Å²) in [5.74, 6) is 0.355. The molecule has 2 fully saturated rings. The molecule has 4 heteroatoms. The quantitative estimate of drug-likeness (QED) is 0.678. The number of nitrogens with zero attached hydrogens (tertiary/aromatic N) is 1. The summed E-state index contributed by atoms with van der Waals surface area (Å²) in [4.78, 5) is 25.5. The molecule has 1 spiro atoms. The molecule has 19 heavy (non-hydrogen) atoms. The molecule has 0 bridgehead atoms. The average Bonchev–Trinajstić information content (AvgIpc) is 2.16. The van der Waals surface area contributed by atoms with Crippen molar-refractivity contribution < 1.29 is 14.3 Å². The molecule has 1 aliphatic carbocycles. The third kappa shape index (κ3) is 2.93. The second-order valence-corrected chi connectivity index (χ2v) is 7.82. The number of hydrogen-bond donors (Lipinski definition) is 0. The molecule has 2 aliphatic rings. The summed E-state index contributed by atoms with van der Waals surface area (Å²) in [6.07, 6.45) is 2.22. The number of carbonyl (C=O) groups is 2. The molecule has 0 atom stereocenters. The smallest absolute Gasteiger partial charge is 0.410 e. The van der Waals surface area contributed by atoms with Crippen LogP contribution in [0.3, 0.4) is 0 Å². The van der Waals surface area contributed by atoms with Crippen molar-refractivity contribution in [2.24, 2.45) is 10.8 Å². The molecule has 1 saturated carbocycles. The van der Waals surface area contributed by atoms with E-state index in [9.17, 15) is 9.59 Å². The third-order valence-corrected chi connectivity index (χ3v) is 4.16. The summed E-state index contributed by atoms with van der Waals surface area (Å²) in [6.45, 7) is 11.1. The minimum absolute atomic E-state index is 0.147. The summed E-state index contributed by atoms with van der Waals surface area (Å²) < 4.78 is 5.37. The highest BCUT2D eigenvalue weighted by atomic mass is 16.6. The zero-order valence-electron chi connectivity index (χ0n) is 12.7. The number of rotatable bonds is 0. The molecule has 108 valence electrons. The second kappa shape index (κ2) is 4.22. The molecular formula is C15H25NO3. The van der Waals surface area contributed by atoms with Crippen molar-refractivity contribution in [1.82, 2.24) is 4.90 Å². The standard InChI is InChI=1S/C15H25NO3/c1-13(2,3)19-12(18)16-9-15(10-16)7-6-11(17)14(4,5)8-15/h6-10H2,1-5H3. The van der Waals surface area contributed by atoms with Gasteiger partial charge in [-0.1, -0.05) is 13.8 Å². The van der Waals surface area contributed by atoms with Crippen LogP contribution in [0.5, 0.6) is 0 Å². The minimum atomic E-state index is -0.443. The normalized spacial score (nSPS) is 25.1. The van der Waals surface area contributed by atoms with Crippen LogP contribution in [-0.4, -0.2) is 35.5 Å². The summed E-state index contributed by atoms with van der Waals surface area (Å²) in [5, 5.41) is 0. The number of ketones is 1. The van der Waals surface area contributed by atoms with Crippen LogP contribution in [0.15, 0.2) is 0 Å². The lowest BCUT2D eigenvalue weighted by atomic mass is 9.59. The van der Waals surface area contributed by atoms with Crippen molar-refractivity contribution in [3.8, 4) is 0 Å². The maximum Gasteiger partial charge on any atom is 0.410 e. The molecule has 1 saturated heterocycles. The van der Waals surface area contributed by atoms with Crippen LogP contribution in [-0.2, 0) is 9.53 Å². The van der Waals surface area contributed by atoms with E-state index >= 15 is 0 Å². The van der Waals surface area contributed by atoms with Crippen molar-refractivity contribution in [3.63, 3.8) is 0 Å². The topological polar surface area (TPSA) is 46.6 Å². The van der Waals surface area contributed by atoms with Gasteiger partial charge in [0.1, 0.15) is 11.4 Å². The van der Waals surface area contributed by atoms with Gasteiger partial charge in [0.05, 0.1) is 0 Å². The first-order valence-electron chi connectivity index (χ1n) is 7.04. The molecule has 0 aromatic carbocycles. The van der Waals surface area contributed by atoms with E-state index in [-0.39, 0.29) is 16.9 Å². The van der Waals surface area contributed by atoms with Gasteiger partial charge in [-0.25, -0.2) is 4.79 Å². The summed E-state index contributed by atoms with van der Waals surface area (Å²) in [6, 6.07) is 0. The largest absolute Gasteiger partial charge is 0.444 e. The fraction of sp³-hybridized carbons (Fsp3) is 0.867. The van der Waals surface area contributed by atoms with Gasteiger partial charge in [-0.2, -0.15) is 0 Å². The maximum atomic E-state index is 11.9. The molecule has 0 N–H and O–H groups in total. The van der Waals surface area contributed by atoms with Crippen LogP contribution < -0.4 is 0 Å². The summed E-state index contributed by atoms with van der Waals surface area (Å²) in [7, 11) is 0. The Morgan fingerprint density at radius 2 is 1.84 bits per heavy atom. The molecule has 0 radical (unpaired) electrons. The lowest BCUT2D eigenvalue weighted by Gasteiger charge is -2.55. The Morgan fingerprint density at radius 1 is 1.26 bits per heavy atom. The fourth-order valence-electron chi connectivity index (χ4n) is 3.33. The fourth-order valence-corrected chi connectivity index (χ4v) is 3.33. The van der Waals surface area contributed by atoms with Crippen molar-refractivity contribution >= 4 is 11.9 Å². The SMILES string of the molecule is CC(C)(C)OC(=O)N1CC2(CCC(=O)C(C)(C)C2)C1. The maximum absolute atomic E-state index is 11.9. The highest BCUT2D eigenvalue weighted by Gasteiger charge is 2.52. The van der Waals surface area contributed by atoms with Gasteiger partial charge in [-0.3, -0.25) is 4.79 Å². The molecule has 1 heterocycles. The minimum Gasteiger partial charge on any atom is -0.444 e. The van der Waals surface area contributed by atoms with Crippen LogP contribution in [0.25, 0.3) is 0 Å². The molecule has 0 aromatic heterocycles. The first kappa shape index (κ1) is 14.4. The predicted molar refractivity (Wildman–Crippen MR) is 72.9 cm³/mol. The number of amides is 1. The average molecular weight is 267 g/mol. The van der Waals surface area contributed by atoms with Crippen molar-refractivity contribution in [2.45, 2.75) is 59.5 Å². The van der Waals surface area contributed by atoms with Gasteiger partial charge in [-0.05, 0) is 33.6 Å².